The summed E-state index contributed by atoms with van der Waals surface area (Å²) in [6.07, 6.45) is 2.83. The minimum atomic E-state index is -3.76. The third-order valence-electron chi connectivity index (χ3n) is 5.76. The molecule has 0 heterocycles. The van der Waals surface area contributed by atoms with Crippen molar-refractivity contribution in [2.45, 2.75) is 53.1 Å². The Kier molecular flexibility index (Phi) is 9.94. The van der Waals surface area contributed by atoms with E-state index in [1.54, 1.807) is 37.3 Å². The van der Waals surface area contributed by atoms with Crippen molar-refractivity contribution in [3.05, 3.63) is 64.2 Å². The number of aryl methyl sites for hydroxylation is 1. The van der Waals surface area contributed by atoms with E-state index in [-0.39, 0.29) is 12.5 Å². The Hall–Kier alpha value is -2.58. The van der Waals surface area contributed by atoms with Gasteiger partial charge in [-0.1, -0.05) is 49.2 Å². The molecule has 2 amide bonds. The molecule has 1 N–H and O–H groups in total. The molecule has 0 bridgehead atoms. The highest BCUT2D eigenvalue weighted by Crippen LogP contribution is 2.25. The topological polar surface area (TPSA) is 86.8 Å². The van der Waals surface area contributed by atoms with Crippen molar-refractivity contribution in [3.63, 3.8) is 0 Å². The average Bonchev–Trinajstić information content (AvgIpc) is 2.76. The molecular formula is C25H34ClN3O4S. The minimum absolute atomic E-state index is 0.117. The maximum atomic E-state index is 13.5. The lowest BCUT2D eigenvalue weighted by atomic mass is 10.1. The molecule has 1 atom stereocenters. The van der Waals surface area contributed by atoms with Gasteiger partial charge in [-0.05, 0) is 62.1 Å². The van der Waals surface area contributed by atoms with Crippen LogP contribution in [0.2, 0.25) is 5.02 Å². The molecule has 0 saturated carbocycles. The van der Waals surface area contributed by atoms with Gasteiger partial charge in [0.2, 0.25) is 21.8 Å². The molecule has 186 valence electrons. The van der Waals surface area contributed by atoms with E-state index in [0.29, 0.717) is 17.3 Å². The van der Waals surface area contributed by atoms with Crippen molar-refractivity contribution in [2.24, 2.45) is 0 Å². The zero-order valence-electron chi connectivity index (χ0n) is 20.5. The second-order valence-electron chi connectivity index (χ2n) is 8.46. The summed E-state index contributed by atoms with van der Waals surface area (Å²) in [7, 11) is -3.76. The number of carbonyl (C=O) groups excluding carboxylic acids is 2. The Morgan fingerprint density at radius 2 is 1.79 bits per heavy atom. The van der Waals surface area contributed by atoms with Gasteiger partial charge in [0.1, 0.15) is 12.6 Å². The van der Waals surface area contributed by atoms with Crippen LogP contribution in [0, 0.1) is 13.8 Å². The summed E-state index contributed by atoms with van der Waals surface area (Å²) in [5, 5.41) is 3.37. The van der Waals surface area contributed by atoms with Crippen LogP contribution in [0.5, 0.6) is 0 Å². The lowest BCUT2D eigenvalue weighted by Gasteiger charge is -2.32. The molecule has 34 heavy (non-hydrogen) atoms. The molecule has 0 unspecified atom stereocenters. The molecule has 2 aromatic rings. The fourth-order valence-corrected chi connectivity index (χ4v) is 4.66. The van der Waals surface area contributed by atoms with Crippen LogP contribution in [0.1, 0.15) is 43.4 Å². The molecule has 7 nitrogen and oxygen atoms in total. The van der Waals surface area contributed by atoms with E-state index in [4.69, 9.17) is 11.6 Å². The predicted molar refractivity (Wildman–Crippen MR) is 137 cm³/mol. The molecule has 0 aliphatic rings. The summed E-state index contributed by atoms with van der Waals surface area (Å²) in [5.41, 5.74) is 2.87. The summed E-state index contributed by atoms with van der Waals surface area (Å²) >= 11 is 6.12. The Labute approximate surface area is 208 Å². The zero-order valence-corrected chi connectivity index (χ0v) is 22.0. The van der Waals surface area contributed by atoms with Crippen molar-refractivity contribution in [1.29, 1.82) is 0 Å². The second kappa shape index (κ2) is 12.2. The number of benzene rings is 2. The van der Waals surface area contributed by atoms with Crippen LogP contribution in [-0.4, -0.2) is 50.5 Å². The first-order chi connectivity index (χ1) is 16.0. The number of hydrogen-bond acceptors (Lipinski definition) is 4. The smallest absolute Gasteiger partial charge is 0.244 e. The number of nitrogens with one attached hydrogen (secondary N) is 1. The Balaban J connectivity index is 2.39. The van der Waals surface area contributed by atoms with Crippen LogP contribution in [0.4, 0.5) is 5.69 Å². The Bertz CT molecular complexity index is 1120. The van der Waals surface area contributed by atoms with E-state index in [1.807, 2.05) is 32.9 Å². The summed E-state index contributed by atoms with van der Waals surface area (Å²) < 4.78 is 26.5. The van der Waals surface area contributed by atoms with Crippen LogP contribution in [0.3, 0.4) is 0 Å². The van der Waals surface area contributed by atoms with Gasteiger partial charge in [0, 0.05) is 18.1 Å². The molecule has 0 spiro atoms. The molecule has 0 radical (unpaired) electrons. The molecular weight excluding hydrogens is 474 g/mol. The lowest BCUT2D eigenvalue weighted by Crippen LogP contribution is -2.51. The van der Waals surface area contributed by atoms with Gasteiger partial charge in [0.15, 0.2) is 0 Å². The molecule has 9 heteroatoms. The molecule has 0 aliphatic carbocycles. The zero-order chi connectivity index (χ0) is 25.5. The number of nitrogens with zero attached hydrogens (tertiary/aromatic N) is 2. The van der Waals surface area contributed by atoms with Crippen molar-refractivity contribution in [3.8, 4) is 0 Å². The predicted octanol–water partition coefficient (Wildman–Crippen LogP) is 4.06. The normalized spacial score (nSPS) is 12.2. The minimum Gasteiger partial charge on any atom is -0.354 e. The third-order valence-corrected chi connectivity index (χ3v) is 7.12. The first-order valence-corrected chi connectivity index (χ1v) is 13.5. The maximum Gasteiger partial charge on any atom is 0.244 e. The van der Waals surface area contributed by atoms with Crippen LogP contribution in [0.15, 0.2) is 42.5 Å². The highest BCUT2D eigenvalue weighted by atomic mass is 35.5. The monoisotopic (exact) mass is 507 g/mol. The number of amides is 2. The fourth-order valence-electron chi connectivity index (χ4n) is 3.55. The van der Waals surface area contributed by atoms with Gasteiger partial charge < -0.3 is 10.2 Å². The van der Waals surface area contributed by atoms with Gasteiger partial charge >= 0.3 is 0 Å². The second-order valence-corrected chi connectivity index (χ2v) is 10.8. The van der Waals surface area contributed by atoms with E-state index < -0.39 is 28.5 Å². The highest BCUT2D eigenvalue weighted by molar-refractivity contribution is 7.92. The highest BCUT2D eigenvalue weighted by Gasteiger charge is 2.30. The van der Waals surface area contributed by atoms with E-state index in [1.165, 1.54) is 4.90 Å². The quantitative estimate of drug-likeness (QED) is 0.465. The number of hydrogen-bond donors (Lipinski definition) is 1. The van der Waals surface area contributed by atoms with Gasteiger partial charge in [-0.15, -0.1) is 0 Å². The van der Waals surface area contributed by atoms with Crippen LogP contribution in [-0.2, 0) is 26.2 Å². The van der Waals surface area contributed by atoms with E-state index in [0.717, 1.165) is 40.1 Å². The van der Waals surface area contributed by atoms with Crippen LogP contribution >= 0.6 is 11.6 Å². The molecule has 2 rings (SSSR count). The summed E-state index contributed by atoms with van der Waals surface area (Å²) in [6.45, 7) is 7.58. The SMILES string of the molecule is CCCCNC(=O)[C@H](C)N(Cc1cccc(Cl)c1)C(=O)CN(c1cccc(C)c1C)S(C)(=O)=O. The number of halogens is 1. The lowest BCUT2D eigenvalue weighted by molar-refractivity contribution is -0.139. The van der Waals surface area contributed by atoms with E-state index in [9.17, 15) is 18.0 Å². The maximum absolute atomic E-state index is 13.5. The van der Waals surface area contributed by atoms with Crippen molar-refractivity contribution in [2.75, 3.05) is 23.7 Å². The average molecular weight is 508 g/mol. The summed E-state index contributed by atoms with van der Waals surface area (Å²) in [6, 6.07) is 11.6. The van der Waals surface area contributed by atoms with E-state index >= 15 is 0 Å². The number of anilines is 1. The summed E-state index contributed by atoms with van der Waals surface area (Å²) in [4.78, 5) is 27.8. The van der Waals surface area contributed by atoms with Crippen molar-refractivity contribution in [1.82, 2.24) is 10.2 Å². The van der Waals surface area contributed by atoms with Gasteiger partial charge in [-0.3, -0.25) is 13.9 Å². The van der Waals surface area contributed by atoms with Gasteiger partial charge in [0.25, 0.3) is 0 Å². The van der Waals surface area contributed by atoms with Crippen LogP contribution in [0.25, 0.3) is 0 Å². The van der Waals surface area contributed by atoms with Gasteiger partial charge in [0.05, 0.1) is 11.9 Å². The number of carbonyl (C=O) groups is 2. The number of rotatable bonds is 11. The Morgan fingerprint density at radius 1 is 1.12 bits per heavy atom. The first kappa shape index (κ1) is 27.7. The van der Waals surface area contributed by atoms with Crippen LogP contribution < -0.4 is 9.62 Å². The number of unbranched alkanes of at least 4 members (excludes halogenated alkanes) is 1. The molecule has 0 aliphatic heterocycles. The molecule has 2 aromatic carbocycles. The standard InChI is InChI=1S/C25H34ClN3O4S/c1-6-7-14-27-25(31)20(4)28(16-21-11-9-12-22(26)15-21)24(30)17-29(34(5,32)33)23-13-8-10-18(2)19(23)3/h8-13,15,20H,6-7,14,16-17H2,1-5H3,(H,27,31)/t20-/m0/s1. The third kappa shape index (κ3) is 7.46. The van der Waals surface area contributed by atoms with Crippen molar-refractivity contribution < 1.29 is 18.0 Å². The van der Waals surface area contributed by atoms with Gasteiger partial charge in [-0.2, -0.15) is 0 Å². The summed E-state index contributed by atoms with van der Waals surface area (Å²) in [5.74, 6) is -0.772. The Morgan fingerprint density at radius 3 is 2.41 bits per heavy atom. The fraction of sp³-hybridized carbons (Fsp3) is 0.440. The molecule has 0 aromatic heterocycles. The van der Waals surface area contributed by atoms with E-state index in [2.05, 4.69) is 5.32 Å². The molecule has 0 fully saturated rings. The molecule has 0 saturated heterocycles. The largest absolute Gasteiger partial charge is 0.354 e. The van der Waals surface area contributed by atoms with Crippen molar-refractivity contribution >= 4 is 39.1 Å². The first-order valence-electron chi connectivity index (χ1n) is 11.3. The number of sulfonamides is 1. The van der Waals surface area contributed by atoms with Gasteiger partial charge in [-0.25, -0.2) is 8.42 Å².